The first kappa shape index (κ1) is 23.4. The third-order valence-electron chi connectivity index (χ3n) is 5.02. The van der Waals surface area contributed by atoms with E-state index in [0.717, 1.165) is 18.1 Å². The van der Waals surface area contributed by atoms with Gasteiger partial charge < -0.3 is 24.9 Å². The van der Waals surface area contributed by atoms with Crippen molar-refractivity contribution in [3.05, 3.63) is 59.5 Å². The van der Waals surface area contributed by atoms with Crippen LogP contribution in [0.1, 0.15) is 54.2 Å². The summed E-state index contributed by atoms with van der Waals surface area (Å²) in [6.45, 7) is 11.7. The predicted molar refractivity (Wildman–Crippen MR) is 125 cm³/mol. The van der Waals surface area contributed by atoms with E-state index < -0.39 is 0 Å². The summed E-state index contributed by atoms with van der Waals surface area (Å²) in [4.78, 5) is 33.7. The molecule has 1 fully saturated rings. The highest BCUT2D eigenvalue weighted by molar-refractivity contribution is 5.94. The molecule has 0 unspecified atom stereocenters. The Labute approximate surface area is 189 Å². The molecule has 8 nitrogen and oxygen atoms in total. The van der Waals surface area contributed by atoms with E-state index in [1.807, 2.05) is 52.0 Å². The molecule has 32 heavy (non-hydrogen) atoms. The number of carbonyl (C=O) groups excluding carboxylic acids is 2. The zero-order valence-electron chi connectivity index (χ0n) is 19.4. The lowest BCUT2D eigenvalue weighted by atomic mass is 10.1. The van der Waals surface area contributed by atoms with E-state index in [1.54, 1.807) is 17.0 Å². The van der Waals surface area contributed by atoms with Crippen LogP contribution < -0.4 is 10.6 Å². The van der Waals surface area contributed by atoms with E-state index in [9.17, 15) is 9.59 Å². The van der Waals surface area contributed by atoms with Crippen molar-refractivity contribution < 1.29 is 14.0 Å². The molecule has 3 rings (SSSR count). The maximum Gasteiger partial charge on any atom is 0.289 e. The van der Waals surface area contributed by atoms with E-state index in [1.165, 1.54) is 6.26 Å². The number of guanidine groups is 1. The molecule has 2 amide bonds. The van der Waals surface area contributed by atoms with Crippen molar-refractivity contribution in [3.8, 4) is 0 Å². The molecule has 0 bridgehead atoms. The highest BCUT2D eigenvalue weighted by Crippen LogP contribution is 2.12. The van der Waals surface area contributed by atoms with Crippen LogP contribution in [0.4, 0.5) is 0 Å². The Morgan fingerprint density at radius 1 is 1.06 bits per heavy atom. The quantitative estimate of drug-likeness (QED) is 0.552. The minimum Gasteiger partial charge on any atom is -0.459 e. The van der Waals surface area contributed by atoms with Crippen molar-refractivity contribution in [2.24, 2.45) is 4.99 Å². The van der Waals surface area contributed by atoms with Gasteiger partial charge >= 0.3 is 0 Å². The average Bonchev–Trinajstić information content (AvgIpc) is 3.30. The van der Waals surface area contributed by atoms with Gasteiger partial charge in [-0.1, -0.05) is 12.1 Å². The summed E-state index contributed by atoms with van der Waals surface area (Å²) in [6, 6.07) is 11.0. The molecule has 1 saturated heterocycles. The van der Waals surface area contributed by atoms with Crippen LogP contribution in [0.15, 0.2) is 52.1 Å². The number of hydrogen-bond donors (Lipinski definition) is 2. The smallest absolute Gasteiger partial charge is 0.289 e. The Balaban J connectivity index is 1.63. The molecule has 0 radical (unpaired) electrons. The fraction of sp³-hybridized carbons (Fsp3) is 0.458. The Morgan fingerprint density at radius 3 is 2.41 bits per heavy atom. The van der Waals surface area contributed by atoms with Gasteiger partial charge in [0, 0.05) is 43.8 Å². The van der Waals surface area contributed by atoms with Crippen molar-refractivity contribution in [3.63, 3.8) is 0 Å². The number of piperazine rings is 1. The molecule has 1 aromatic heterocycles. The van der Waals surface area contributed by atoms with Gasteiger partial charge in [-0.05, 0) is 57.5 Å². The summed E-state index contributed by atoms with van der Waals surface area (Å²) in [6.07, 6.45) is 1.52. The number of carbonyl (C=O) groups is 2. The average molecular weight is 440 g/mol. The zero-order valence-corrected chi connectivity index (χ0v) is 19.4. The predicted octanol–water partition coefficient (Wildman–Crippen LogP) is 2.73. The lowest BCUT2D eigenvalue weighted by Gasteiger charge is -2.36. The molecule has 0 spiro atoms. The lowest BCUT2D eigenvalue weighted by molar-refractivity contribution is 0.0657. The van der Waals surface area contributed by atoms with E-state index in [4.69, 9.17) is 9.41 Å². The highest BCUT2D eigenvalue weighted by Gasteiger charge is 2.25. The lowest BCUT2D eigenvalue weighted by Crippen LogP contribution is -2.53. The van der Waals surface area contributed by atoms with Crippen LogP contribution in [0.5, 0.6) is 0 Å². The monoisotopic (exact) mass is 439 g/mol. The second kappa shape index (κ2) is 10.3. The van der Waals surface area contributed by atoms with E-state index in [2.05, 4.69) is 15.5 Å². The number of hydrogen-bond acceptors (Lipinski definition) is 4. The molecule has 0 aliphatic carbocycles. The molecule has 0 atom stereocenters. The van der Waals surface area contributed by atoms with Crippen molar-refractivity contribution in [2.45, 2.75) is 39.8 Å². The zero-order chi connectivity index (χ0) is 23.1. The molecule has 172 valence electrons. The van der Waals surface area contributed by atoms with Crippen LogP contribution in [-0.2, 0) is 6.54 Å². The Morgan fingerprint density at radius 2 is 1.78 bits per heavy atom. The van der Waals surface area contributed by atoms with Gasteiger partial charge in [0.25, 0.3) is 11.8 Å². The number of furan rings is 1. The summed E-state index contributed by atoms with van der Waals surface area (Å²) in [5, 5.41) is 6.33. The molecule has 2 aromatic rings. The summed E-state index contributed by atoms with van der Waals surface area (Å²) in [5.74, 6) is 1.01. The molecule has 8 heteroatoms. The van der Waals surface area contributed by atoms with Gasteiger partial charge in [-0.2, -0.15) is 0 Å². The summed E-state index contributed by atoms with van der Waals surface area (Å²) in [7, 11) is 0. The maximum absolute atomic E-state index is 12.5. The summed E-state index contributed by atoms with van der Waals surface area (Å²) < 4.78 is 5.23. The second-order valence-corrected chi connectivity index (χ2v) is 8.83. The van der Waals surface area contributed by atoms with Gasteiger partial charge in [-0.25, -0.2) is 4.99 Å². The molecular formula is C24H33N5O3. The first-order valence-corrected chi connectivity index (χ1v) is 11.0. The number of aliphatic imine (C=N–C) groups is 1. The van der Waals surface area contributed by atoms with Crippen molar-refractivity contribution >= 4 is 17.8 Å². The van der Waals surface area contributed by atoms with E-state index >= 15 is 0 Å². The van der Waals surface area contributed by atoms with Crippen molar-refractivity contribution in [1.82, 2.24) is 20.4 Å². The first-order valence-electron chi connectivity index (χ1n) is 11.0. The topological polar surface area (TPSA) is 90.2 Å². The molecule has 2 heterocycles. The van der Waals surface area contributed by atoms with Crippen LogP contribution in [0.25, 0.3) is 0 Å². The Kier molecular flexibility index (Phi) is 7.56. The minimum atomic E-state index is -0.288. The molecule has 1 aliphatic rings. The van der Waals surface area contributed by atoms with Gasteiger partial charge in [-0.3, -0.25) is 9.59 Å². The molecular weight excluding hydrogens is 406 g/mol. The van der Waals surface area contributed by atoms with Crippen LogP contribution in [0, 0.1) is 0 Å². The summed E-state index contributed by atoms with van der Waals surface area (Å²) in [5.41, 5.74) is 1.31. The van der Waals surface area contributed by atoms with Crippen LogP contribution in [0.3, 0.4) is 0 Å². The SMILES string of the molecule is CCNC(=NCc1cccc(C(=O)NC(C)(C)C)c1)N1CCN(C(=O)c2ccco2)CC1. The number of amides is 2. The van der Waals surface area contributed by atoms with Gasteiger partial charge in [0.2, 0.25) is 0 Å². The highest BCUT2D eigenvalue weighted by atomic mass is 16.3. The normalized spacial score (nSPS) is 14.9. The fourth-order valence-corrected chi connectivity index (χ4v) is 3.49. The van der Waals surface area contributed by atoms with Crippen molar-refractivity contribution in [2.75, 3.05) is 32.7 Å². The van der Waals surface area contributed by atoms with E-state index in [0.29, 0.717) is 44.0 Å². The maximum atomic E-state index is 12.5. The standard InChI is InChI=1S/C24H33N5O3/c1-5-25-23(29-13-11-28(12-14-29)22(31)20-10-7-15-32-20)26-17-18-8-6-9-19(16-18)21(30)27-24(2,3)4/h6-10,15-16H,5,11-14,17H2,1-4H3,(H,25,26)(H,27,30). The van der Waals surface area contributed by atoms with Crippen LogP contribution in [-0.4, -0.2) is 65.8 Å². The number of nitrogens with one attached hydrogen (secondary N) is 2. The molecule has 1 aromatic carbocycles. The van der Waals surface area contributed by atoms with Gasteiger partial charge in [0.05, 0.1) is 12.8 Å². The fourth-order valence-electron chi connectivity index (χ4n) is 3.49. The molecule has 0 saturated carbocycles. The summed E-state index contributed by atoms with van der Waals surface area (Å²) >= 11 is 0. The molecule has 2 N–H and O–H groups in total. The Bertz CT molecular complexity index is 939. The van der Waals surface area contributed by atoms with Crippen LogP contribution in [0.2, 0.25) is 0 Å². The van der Waals surface area contributed by atoms with Gasteiger partial charge in [0.1, 0.15) is 0 Å². The Hall–Kier alpha value is -3.29. The van der Waals surface area contributed by atoms with Gasteiger partial charge in [0.15, 0.2) is 11.7 Å². The second-order valence-electron chi connectivity index (χ2n) is 8.83. The third kappa shape index (κ3) is 6.35. The minimum absolute atomic E-state index is 0.0815. The third-order valence-corrected chi connectivity index (χ3v) is 5.02. The number of rotatable bonds is 5. The number of benzene rings is 1. The number of nitrogens with zero attached hydrogens (tertiary/aromatic N) is 3. The van der Waals surface area contributed by atoms with E-state index in [-0.39, 0.29) is 17.4 Å². The first-order chi connectivity index (χ1) is 15.3. The van der Waals surface area contributed by atoms with Crippen molar-refractivity contribution in [1.29, 1.82) is 0 Å². The molecule has 1 aliphatic heterocycles. The largest absolute Gasteiger partial charge is 0.459 e. The van der Waals surface area contributed by atoms with Gasteiger partial charge in [-0.15, -0.1) is 0 Å². The van der Waals surface area contributed by atoms with Crippen LogP contribution >= 0.6 is 0 Å².